The van der Waals surface area contributed by atoms with E-state index >= 15 is 0 Å². The molecule has 9 heteroatoms. The molecule has 1 spiro atoms. The topological polar surface area (TPSA) is 74.7 Å². The highest BCUT2D eigenvalue weighted by Gasteiger charge is 2.55. The molecule has 3 aliphatic heterocycles. The molecular weight excluding hydrogens is 476 g/mol. The summed E-state index contributed by atoms with van der Waals surface area (Å²) in [5.74, 6) is 1.54. The molecule has 0 radical (unpaired) electrons. The maximum atomic E-state index is 13.7. The highest BCUT2D eigenvalue weighted by Crippen LogP contribution is 2.49. The Morgan fingerprint density at radius 1 is 1.25 bits per heavy atom. The fraction of sp³-hybridized carbons (Fsp3) is 0.519. The van der Waals surface area contributed by atoms with E-state index in [1.807, 2.05) is 54.2 Å². The zero-order valence-electron chi connectivity index (χ0n) is 22.0. The van der Waals surface area contributed by atoms with Crippen LogP contribution < -0.4 is 9.47 Å². The number of urea groups is 2. The van der Waals surface area contributed by atoms with Crippen LogP contribution in [0.2, 0.25) is 0 Å². The summed E-state index contributed by atoms with van der Waals surface area (Å²) in [7, 11) is 3.31. The minimum Gasteiger partial charge on any atom is -0.497 e. The number of methoxy groups -OCH3 is 2. The third kappa shape index (κ3) is 4.49. The van der Waals surface area contributed by atoms with Gasteiger partial charge in [0, 0.05) is 42.9 Å². The van der Waals surface area contributed by atoms with Crippen molar-refractivity contribution in [3.8, 4) is 11.5 Å². The summed E-state index contributed by atoms with van der Waals surface area (Å²) < 4.78 is 11.2. The maximum Gasteiger partial charge on any atom is 0.344 e. The molecule has 4 amide bonds. The van der Waals surface area contributed by atoms with Gasteiger partial charge in [0.05, 0.1) is 31.3 Å². The van der Waals surface area contributed by atoms with Crippen molar-refractivity contribution >= 4 is 28.9 Å². The predicted octanol–water partition coefficient (Wildman–Crippen LogP) is 5.60. The number of carbonyl (C=O) groups excluding carboxylic acids is 2. The lowest BCUT2D eigenvalue weighted by atomic mass is 9.82. The minimum absolute atomic E-state index is 0.0157. The predicted molar refractivity (Wildman–Crippen MR) is 144 cm³/mol. The number of benzene rings is 1. The van der Waals surface area contributed by atoms with Gasteiger partial charge in [-0.25, -0.2) is 9.59 Å². The van der Waals surface area contributed by atoms with Crippen LogP contribution in [0.15, 0.2) is 40.4 Å². The molecule has 8 nitrogen and oxygen atoms in total. The van der Waals surface area contributed by atoms with E-state index in [2.05, 4.69) is 18.0 Å². The first-order valence-electron chi connectivity index (χ1n) is 12.5. The molecule has 1 aromatic rings. The zero-order chi connectivity index (χ0) is 26.0. The van der Waals surface area contributed by atoms with Gasteiger partial charge in [0.25, 0.3) is 0 Å². The number of nitrogens with zero attached hydrogens (tertiary/aromatic N) is 4. The number of thioether (sulfide) groups is 1. The first kappa shape index (κ1) is 26.1. The van der Waals surface area contributed by atoms with Gasteiger partial charge < -0.3 is 19.3 Å². The van der Waals surface area contributed by atoms with Crippen molar-refractivity contribution in [2.75, 3.05) is 33.9 Å². The number of ether oxygens (including phenoxy) is 2. The van der Waals surface area contributed by atoms with Crippen molar-refractivity contribution in [2.24, 2.45) is 4.99 Å². The number of piperidine rings is 1. The van der Waals surface area contributed by atoms with Crippen LogP contribution in [-0.2, 0) is 6.54 Å². The van der Waals surface area contributed by atoms with E-state index in [0.717, 1.165) is 27.6 Å². The van der Waals surface area contributed by atoms with Crippen LogP contribution >= 0.6 is 11.8 Å². The Labute approximate surface area is 218 Å². The van der Waals surface area contributed by atoms with Gasteiger partial charge in [-0.1, -0.05) is 30.8 Å². The molecule has 0 saturated carbocycles. The van der Waals surface area contributed by atoms with Crippen molar-refractivity contribution in [3.63, 3.8) is 0 Å². The second kappa shape index (κ2) is 10.6. The lowest BCUT2D eigenvalue weighted by Crippen LogP contribution is -2.54. The highest BCUT2D eigenvalue weighted by molar-refractivity contribution is 8.16. The van der Waals surface area contributed by atoms with Gasteiger partial charge in [0.15, 0.2) is 0 Å². The molecule has 1 atom stereocenters. The number of aliphatic imine (C=N–C) groups is 1. The van der Waals surface area contributed by atoms with E-state index in [4.69, 9.17) is 9.47 Å². The lowest BCUT2D eigenvalue weighted by molar-refractivity contribution is 0.105. The van der Waals surface area contributed by atoms with Crippen LogP contribution in [0.3, 0.4) is 0 Å². The average Bonchev–Trinajstić information content (AvgIpc) is 2.98. The van der Waals surface area contributed by atoms with Crippen LogP contribution in [0.25, 0.3) is 0 Å². The number of amides is 4. The summed E-state index contributed by atoms with van der Waals surface area (Å²) >= 11 is 1.44. The summed E-state index contributed by atoms with van der Waals surface area (Å²) in [4.78, 5) is 36.5. The van der Waals surface area contributed by atoms with Crippen LogP contribution in [0.4, 0.5) is 9.59 Å². The number of allylic oxidation sites excluding steroid dienone is 2. The normalized spacial score (nSPS) is 21.4. The highest BCUT2D eigenvalue weighted by atomic mass is 32.2. The molecule has 1 unspecified atom stereocenters. The number of hydrogen-bond acceptors (Lipinski definition) is 5. The number of likely N-dealkylation sites (tertiary alicyclic amines) is 1. The first-order chi connectivity index (χ1) is 17.3. The van der Waals surface area contributed by atoms with Crippen LogP contribution in [0.1, 0.15) is 57.6 Å². The molecule has 0 bridgehead atoms. The Hall–Kier alpha value is -2.94. The molecule has 1 aromatic carbocycles. The molecule has 0 N–H and O–H groups in total. The Bertz CT molecular complexity index is 1120. The van der Waals surface area contributed by atoms with E-state index in [1.165, 1.54) is 11.8 Å². The number of hydrogen-bond donors (Lipinski definition) is 0. The number of carbonyl (C=O) groups is 2. The fourth-order valence-electron chi connectivity index (χ4n) is 5.73. The van der Waals surface area contributed by atoms with Gasteiger partial charge in [-0.2, -0.15) is 4.99 Å². The number of fused-ring (bicyclic) bond motifs is 3. The average molecular weight is 513 g/mol. The molecule has 2 saturated heterocycles. The van der Waals surface area contributed by atoms with Gasteiger partial charge in [-0.05, 0) is 50.7 Å². The van der Waals surface area contributed by atoms with Gasteiger partial charge in [-0.15, -0.1) is 0 Å². The van der Waals surface area contributed by atoms with Gasteiger partial charge >= 0.3 is 12.1 Å². The second-order valence-corrected chi connectivity index (χ2v) is 10.5. The molecule has 3 heterocycles. The van der Waals surface area contributed by atoms with E-state index in [9.17, 15) is 9.59 Å². The summed E-state index contributed by atoms with van der Waals surface area (Å²) in [5, 5.41) is 2.63. The second-order valence-electron chi connectivity index (χ2n) is 9.38. The largest absolute Gasteiger partial charge is 0.497 e. The smallest absolute Gasteiger partial charge is 0.344 e. The quantitative estimate of drug-likeness (QED) is 0.388. The molecular formula is C27H36N4O4S. The van der Waals surface area contributed by atoms with E-state index in [0.29, 0.717) is 44.8 Å². The SMILES string of the molecule is CC=CSC(C)=NC(=O)N1CCC2(CC1)C1=CC(C)c3c(cc(OC)cc3OC)CN1C(=O)N2CC. The molecule has 0 aromatic heterocycles. The third-order valence-corrected chi connectivity index (χ3v) is 8.24. The summed E-state index contributed by atoms with van der Waals surface area (Å²) in [5.41, 5.74) is 2.72. The third-order valence-electron chi connectivity index (χ3n) is 7.40. The summed E-state index contributed by atoms with van der Waals surface area (Å²) in [6, 6.07) is 3.71. The zero-order valence-corrected chi connectivity index (χ0v) is 22.9. The Morgan fingerprint density at radius 3 is 2.58 bits per heavy atom. The monoisotopic (exact) mass is 512 g/mol. The van der Waals surface area contributed by atoms with E-state index in [-0.39, 0.29) is 18.0 Å². The van der Waals surface area contributed by atoms with Gasteiger partial charge in [-0.3, -0.25) is 4.90 Å². The van der Waals surface area contributed by atoms with E-state index in [1.54, 1.807) is 19.1 Å². The minimum atomic E-state index is -0.436. The molecule has 36 heavy (non-hydrogen) atoms. The van der Waals surface area contributed by atoms with Crippen LogP contribution in [-0.4, -0.2) is 71.2 Å². The van der Waals surface area contributed by atoms with Crippen molar-refractivity contribution in [2.45, 2.75) is 58.5 Å². The fourth-order valence-corrected chi connectivity index (χ4v) is 6.19. The van der Waals surface area contributed by atoms with E-state index < -0.39 is 5.54 Å². The standard InChI is InChI=1S/C27H36N4O4S/c1-7-13-36-19(4)28-25(32)29-11-9-27(10-12-29)23-14-18(3)24-20(15-21(34-5)16-22(24)35-6)17-30(23)26(33)31(27)8-2/h7,13-16,18H,8-12,17H2,1-6H3. The first-order valence-corrected chi connectivity index (χ1v) is 13.4. The lowest BCUT2D eigenvalue weighted by Gasteiger charge is -2.44. The van der Waals surface area contributed by atoms with Gasteiger partial charge in [0.1, 0.15) is 11.5 Å². The molecule has 194 valence electrons. The van der Waals surface area contributed by atoms with Crippen molar-refractivity contribution in [3.05, 3.63) is 46.5 Å². The summed E-state index contributed by atoms with van der Waals surface area (Å²) in [6.07, 6.45) is 5.51. The van der Waals surface area contributed by atoms with Crippen LogP contribution in [0, 0.1) is 0 Å². The van der Waals surface area contributed by atoms with Crippen LogP contribution in [0.5, 0.6) is 11.5 Å². The Kier molecular flexibility index (Phi) is 7.68. The number of rotatable bonds is 4. The van der Waals surface area contributed by atoms with Crippen molar-refractivity contribution < 1.29 is 19.1 Å². The molecule has 0 aliphatic carbocycles. The summed E-state index contributed by atoms with van der Waals surface area (Å²) in [6.45, 7) is 10.1. The maximum absolute atomic E-state index is 13.7. The van der Waals surface area contributed by atoms with Gasteiger partial charge in [0.2, 0.25) is 0 Å². The molecule has 2 fully saturated rings. The Balaban J connectivity index is 1.65. The number of likely N-dealkylation sites (N-methyl/N-ethyl adjacent to an activating group) is 1. The molecule has 4 rings (SSSR count). The van der Waals surface area contributed by atoms with Crippen molar-refractivity contribution in [1.29, 1.82) is 0 Å². The van der Waals surface area contributed by atoms with Crippen molar-refractivity contribution in [1.82, 2.24) is 14.7 Å². The Morgan fingerprint density at radius 2 is 1.97 bits per heavy atom. The molecule has 3 aliphatic rings.